The zero-order chi connectivity index (χ0) is 13.7. The Hall–Kier alpha value is -2.05. The molecule has 0 aliphatic rings. The Bertz CT molecular complexity index is 400. The summed E-state index contributed by atoms with van der Waals surface area (Å²) in [5.41, 5.74) is 0. The van der Waals surface area contributed by atoms with E-state index < -0.39 is 5.97 Å². The van der Waals surface area contributed by atoms with Crippen LogP contribution < -0.4 is 14.4 Å². The van der Waals surface area contributed by atoms with Crippen molar-refractivity contribution in [2.45, 2.75) is 19.9 Å². The fraction of sp³-hybridized carbons (Fsp3) is 0.545. The molecular formula is C11H17N3O4. The number of anilines is 1. The SMILES string of the molecule is COc1cc(OC)nc(N(CC(=O)O)C(C)C)n1. The third-order valence-electron chi connectivity index (χ3n) is 2.27. The Kier molecular flexibility index (Phi) is 4.70. The summed E-state index contributed by atoms with van der Waals surface area (Å²) in [6, 6.07) is 1.47. The van der Waals surface area contributed by atoms with Crippen LogP contribution in [0.2, 0.25) is 0 Å². The summed E-state index contributed by atoms with van der Waals surface area (Å²) < 4.78 is 10.1. The maximum absolute atomic E-state index is 10.8. The minimum absolute atomic E-state index is 0.0575. The maximum atomic E-state index is 10.8. The molecule has 0 aromatic carbocycles. The number of aliphatic carboxylic acids is 1. The number of aromatic nitrogens is 2. The predicted octanol–water partition coefficient (Wildman–Crippen LogP) is 0.793. The normalized spacial score (nSPS) is 10.3. The average Bonchev–Trinajstić information content (AvgIpc) is 2.34. The van der Waals surface area contributed by atoms with Crippen LogP contribution in [-0.4, -0.2) is 47.8 Å². The van der Waals surface area contributed by atoms with Gasteiger partial charge in [-0.1, -0.05) is 0 Å². The van der Waals surface area contributed by atoms with E-state index in [-0.39, 0.29) is 18.5 Å². The van der Waals surface area contributed by atoms with Gasteiger partial charge < -0.3 is 19.5 Å². The molecule has 0 radical (unpaired) electrons. The molecule has 0 amide bonds. The first-order chi connectivity index (χ1) is 8.47. The van der Waals surface area contributed by atoms with Gasteiger partial charge in [0.25, 0.3) is 0 Å². The molecule has 0 aliphatic carbocycles. The van der Waals surface area contributed by atoms with Gasteiger partial charge in [0.15, 0.2) is 0 Å². The largest absolute Gasteiger partial charge is 0.481 e. The molecule has 0 saturated heterocycles. The van der Waals surface area contributed by atoms with Crippen LogP contribution in [0, 0.1) is 0 Å². The molecule has 7 nitrogen and oxygen atoms in total. The molecule has 1 aromatic heterocycles. The Labute approximate surface area is 105 Å². The number of nitrogens with zero attached hydrogens (tertiary/aromatic N) is 3. The van der Waals surface area contributed by atoms with Gasteiger partial charge in [0.1, 0.15) is 6.54 Å². The van der Waals surface area contributed by atoms with E-state index in [1.165, 1.54) is 20.3 Å². The maximum Gasteiger partial charge on any atom is 0.323 e. The van der Waals surface area contributed by atoms with Crippen molar-refractivity contribution in [1.82, 2.24) is 9.97 Å². The number of hydrogen-bond acceptors (Lipinski definition) is 6. The minimum Gasteiger partial charge on any atom is -0.481 e. The second-order valence-electron chi connectivity index (χ2n) is 3.87. The minimum atomic E-state index is -0.950. The van der Waals surface area contributed by atoms with Crippen LogP contribution in [0.15, 0.2) is 6.07 Å². The van der Waals surface area contributed by atoms with Crippen molar-refractivity contribution in [2.24, 2.45) is 0 Å². The molecule has 0 bridgehead atoms. The Morgan fingerprint density at radius 3 is 2.17 bits per heavy atom. The summed E-state index contributed by atoms with van der Waals surface area (Å²) in [6.07, 6.45) is 0. The third kappa shape index (κ3) is 3.47. The molecule has 0 atom stereocenters. The smallest absolute Gasteiger partial charge is 0.323 e. The molecule has 0 saturated carbocycles. The van der Waals surface area contributed by atoms with E-state index >= 15 is 0 Å². The summed E-state index contributed by atoms with van der Waals surface area (Å²) in [6.45, 7) is 3.53. The van der Waals surface area contributed by atoms with E-state index in [4.69, 9.17) is 14.6 Å². The molecule has 100 valence electrons. The van der Waals surface area contributed by atoms with Crippen LogP contribution in [0.25, 0.3) is 0 Å². The van der Waals surface area contributed by atoms with Gasteiger partial charge in [-0.25, -0.2) is 0 Å². The summed E-state index contributed by atoms with van der Waals surface area (Å²) in [4.78, 5) is 20.6. The highest BCUT2D eigenvalue weighted by Crippen LogP contribution is 2.21. The van der Waals surface area contributed by atoms with Crippen molar-refractivity contribution in [3.8, 4) is 11.8 Å². The number of methoxy groups -OCH3 is 2. The molecule has 1 aromatic rings. The van der Waals surface area contributed by atoms with Crippen LogP contribution >= 0.6 is 0 Å². The van der Waals surface area contributed by atoms with E-state index in [2.05, 4.69) is 9.97 Å². The second kappa shape index (κ2) is 6.04. The van der Waals surface area contributed by atoms with Gasteiger partial charge in [-0.05, 0) is 13.8 Å². The topological polar surface area (TPSA) is 84.8 Å². The van der Waals surface area contributed by atoms with Crippen LogP contribution in [0.1, 0.15) is 13.8 Å². The number of hydrogen-bond donors (Lipinski definition) is 1. The molecular weight excluding hydrogens is 238 g/mol. The first kappa shape index (κ1) is 14.0. The molecule has 0 unspecified atom stereocenters. The highest BCUT2D eigenvalue weighted by Gasteiger charge is 2.18. The van der Waals surface area contributed by atoms with Gasteiger partial charge in [0.05, 0.1) is 20.3 Å². The van der Waals surface area contributed by atoms with E-state index in [1.54, 1.807) is 4.90 Å². The average molecular weight is 255 g/mol. The summed E-state index contributed by atoms with van der Waals surface area (Å²) >= 11 is 0. The molecule has 1 N–H and O–H groups in total. The highest BCUT2D eigenvalue weighted by atomic mass is 16.5. The summed E-state index contributed by atoms with van der Waals surface area (Å²) in [5.74, 6) is -0.0292. The van der Waals surface area contributed by atoms with Crippen molar-refractivity contribution in [2.75, 3.05) is 25.7 Å². The van der Waals surface area contributed by atoms with E-state index in [0.717, 1.165) is 0 Å². The predicted molar refractivity (Wildman–Crippen MR) is 65.3 cm³/mol. The quantitative estimate of drug-likeness (QED) is 0.804. The fourth-order valence-corrected chi connectivity index (χ4v) is 1.36. The number of carboxylic acid groups (broad SMARTS) is 1. The monoisotopic (exact) mass is 255 g/mol. The van der Waals surface area contributed by atoms with Crippen LogP contribution in [0.4, 0.5) is 5.95 Å². The third-order valence-corrected chi connectivity index (χ3v) is 2.27. The highest BCUT2D eigenvalue weighted by molar-refractivity contribution is 5.72. The lowest BCUT2D eigenvalue weighted by Gasteiger charge is -2.25. The lowest BCUT2D eigenvalue weighted by Crippen LogP contribution is -2.37. The number of carbonyl (C=O) groups is 1. The Morgan fingerprint density at radius 2 is 1.83 bits per heavy atom. The molecule has 0 aliphatic heterocycles. The van der Waals surface area contributed by atoms with Gasteiger partial charge in [-0.2, -0.15) is 9.97 Å². The van der Waals surface area contributed by atoms with Crippen molar-refractivity contribution < 1.29 is 19.4 Å². The number of ether oxygens (including phenoxy) is 2. The molecule has 18 heavy (non-hydrogen) atoms. The van der Waals surface area contributed by atoms with Gasteiger partial charge in [0.2, 0.25) is 17.7 Å². The Morgan fingerprint density at radius 1 is 1.33 bits per heavy atom. The molecule has 1 heterocycles. The summed E-state index contributed by atoms with van der Waals surface area (Å²) in [5, 5.41) is 8.89. The van der Waals surface area contributed by atoms with Crippen molar-refractivity contribution >= 4 is 11.9 Å². The van der Waals surface area contributed by atoms with Gasteiger partial charge in [-0.3, -0.25) is 4.79 Å². The zero-order valence-corrected chi connectivity index (χ0v) is 10.9. The second-order valence-corrected chi connectivity index (χ2v) is 3.87. The van der Waals surface area contributed by atoms with Gasteiger partial charge >= 0.3 is 5.97 Å². The van der Waals surface area contributed by atoms with E-state index in [0.29, 0.717) is 11.8 Å². The first-order valence-electron chi connectivity index (χ1n) is 5.43. The van der Waals surface area contributed by atoms with Crippen molar-refractivity contribution in [1.29, 1.82) is 0 Å². The molecule has 1 rings (SSSR count). The lowest BCUT2D eigenvalue weighted by atomic mass is 10.3. The van der Waals surface area contributed by atoms with Crippen LogP contribution in [0.3, 0.4) is 0 Å². The fourth-order valence-electron chi connectivity index (χ4n) is 1.36. The van der Waals surface area contributed by atoms with Gasteiger partial charge in [-0.15, -0.1) is 0 Å². The summed E-state index contributed by atoms with van der Waals surface area (Å²) in [7, 11) is 2.95. The van der Waals surface area contributed by atoms with Crippen LogP contribution in [0.5, 0.6) is 11.8 Å². The Balaban J connectivity index is 3.13. The van der Waals surface area contributed by atoms with E-state index in [1.807, 2.05) is 13.8 Å². The van der Waals surface area contributed by atoms with Gasteiger partial charge in [0, 0.05) is 6.04 Å². The molecule has 0 spiro atoms. The van der Waals surface area contributed by atoms with Crippen molar-refractivity contribution in [3.05, 3.63) is 6.07 Å². The van der Waals surface area contributed by atoms with E-state index in [9.17, 15) is 4.79 Å². The van der Waals surface area contributed by atoms with Crippen molar-refractivity contribution in [3.63, 3.8) is 0 Å². The number of rotatable bonds is 6. The lowest BCUT2D eigenvalue weighted by molar-refractivity contribution is -0.135. The standard InChI is InChI=1S/C11H17N3O4/c1-7(2)14(6-10(15)16)11-12-8(17-3)5-9(13-11)18-4/h5,7H,6H2,1-4H3,(H,15,16). The van der Waals surface area contributed by atoms with Crippen LogP contribution in [-0.2, 0) is 4.79 Å². The zero-order valence-electron chi connectivity index (χ0n) is 10.9. The first-order valence-corrected chi connectivity index (χ1v) is 5.43. The molecule has 7 heteroatoms. The number of carboxylic acids is 1. The molecule has 0 fully saturated rings.